The molecule has 0 aromatic carbocycles. The highest BCUT2D eigenvalue weighted by Crippen LogP contribution is 2.13. The number of ketones is 1. The Hall–Kier alpha value is -1.96. The minimum atomic E-state index is -1.56. The number of carboxylic acids is 1. The molecule has 0 aromatic rings. The smallest absolute Gasteiger partial charge is 0.372 e. The second-order valence-corrected chi connectivity index (χ2v) is 8.98. The van der Waals surface area contributed by atoms with Gasteiger partial charge in [-0.3, -0.25) is 14.4 Å². The first-order valence-electron chi connectivity index (χ1n) is 13.6. The SMILES string of the molecule is CCCCCCCCCCCCCCCCCC(=O)OCCOCCOC(=O)CCC(=O)C(=O)O. The number of rotatable bonds is 26. The zero-order chi connectivity index (χ0) is 26.0. The number of carbonyl (C=O) groups is 4. The molecule has 0 aliphatic carbocycles. The summed E-state index contributed by atoms with van der Waals surface area (Å²) in [6.07, 6.45) is 19.0. The number of carbonyl (C=O) groups excluding carboxylic acids is 3. The summed E-state index contributed by atoms with van der Waals surface area (Å²) in [6, 6.07) is 0. The van der Waals surface area contributed by atoms with Gasteiger partial charge in [-0.2, -0.15) is 0 Å². The zero-order valence-corrected chi connectivity index (χ0v) is 21.9. The average molecular weight is 501 g/mol. The van der Waals surface area contributed by atoms with Crippen LogP contribution in [-0.2, 0) is 33.4 Å². The van der Waals surface area contributed by atoms with Crippen molar-refractivity contribution < 1.29 is 38.5 Å². The van der Waals surface area contributed by atoms with Crippen LogP contribution in [0.1, 0.15) is 122 Å². The van der Waals surface area contributed by atoms with Crippen molar-refractivity contribution in [3.63, 3.8) is 0 Å². The van der Waals surface area contributed by atoms with E-state index < -0.39 is 17.7 Å². The van der Waals surface area contributed by atoms with E-state index in [4.69, 9.17) is 19.3 Å². The Morgan fingerprint density at radius 3 is 1.34 bits per heavy atom. The van der Waals surface area contributed by atoms with Crippen molar-refractivity contribution in [1.82, 2.24) is 0 Å². The van der Waals surface area contributed by atoms with E-state index in [2.05, 4.69) is 6.92 Å². The Morgan fingerprint density at radius 1 is 0.514 bits per heavy atom. The van der Waals surface area contributed by atoms with Gasteiger partial charge in [0.1, 0.15) is 13.2 Å². The van der Waals surface area contributed by atoms with Crippen LogP contribution in [0.4, 0.5) is 0 Å². The summed E-state index contributed by atoms with van der Waals surface area (Å²) in [5.74, 6) is -3.46. The molecule has 0 heterocycles. The van der Waals surface area contributed by atoms with Gasteiger partial charge in [0.25, 0.3) is 0 Å². The fourth-order valence-electron chi connectivity index (χ4n) is 3.64. The van der Waals surface area contributed by atoms with Crippen LogP contribution in [0.15, 0.2) is 0 Å². The molecule has 0 atom stereocenters. The fraction of sp³-hybridized carbons (Fsp3) is 0.852. The second-order valence-electron chi connectivity index (χ2n) is 8.98. The Bertz CT molecular complexity index is 561. The van der Waals surface area contributed by atoms with E-state index in [0.29, 0.717) is 6.42 Å². The largest absolute Gasteiger partial charge is 0.476 e. The van der Waals surface area contributed by atoms with E-state index >= 15 is 0 Å². The van der Waals surface area contributed by atoms with Gasteiger partial charge in [-0.25, -0.2) is 4.79 Å². The van der Waals surface area contributed by atoms with Gasteiger partial charge in [0.05, 0.1) is 19.6 Å². The second kappa shape index (κ2) is 25.1. The van der Waals surface area contributed by atoms with Gasteiger partial charge in [-0.05, 0) is 6.42 Å². The Balaban J connectivity index is 3.29. The normalized spacial score (nSPS) is 10.8. The van der Waals surface area contributed by atoms with E-state index in [-0.39, 0.29) is 45.2 Å². The molecule has 0 saturated carbocycles. The highest BCUT2D eigenvalue weighted by atomic mass is 16.6. The zero-order valence-electron chi connectivity index (χ0n) is 21.9. The number of hydrogen-bond donors (Lipinski definition) is 1. The molecule has 0 aromatic heterocycles. The van der Waals surface area contributed by atoms with Gasteiger partial charge in [0.2, 0.25) is 5.78 Å². The Kier molecular flexibility index (Phi) is 23.7. The van der Waals surface area contributed by atoms with Crippen molar-refractivity contribution in [2.75, 3.05) is 26.4 Å². The van der Waals surface area contributed by atoms with Crippen molar-refractivity contribution in [3.8, 4) is 0 Å². The number of hydrogen-bond acceptors (Lipinski definition) is 7. The molecule has 0 rings (SSSR count). The average Bonchev–Trinajstić information content (AvgIpc) is 2.84. The van der Waals surface area contributed by atoms with Gasteiger partial charge in [-0.1, -0.05) is 96.8 Å². The standard InChI is InChI=1S/C27H48O8/c1-2-3-4-5-6-7-8-9-10-11-12-13-14-15-16-17-25(29)34-22-20-33-21-23-35-26(30)19-18-24(28)27(31)32/h2-23H2,1H3,(H,31,32). The van der Waals surface area contributed by atoms with Gasteiger partial charge >= 0.3 is 17.9 Å². The molecule has 0 amide bonds. The molecule has 0 radical (unpaired) electrons. The van der Waals surface area contributed by atoms with Gasteiger partial charge in [-0.15, -0.1) is 0 Å². The quantitative estimate of drug-likeness (QED) is 0.0902. The third-order valence-electron chi connectivity index (χ3n) is 5.76. The molecule has 0 unspecified atom stereocenters. The first-order chi connectivity index (χ1) is 17.0. The van der Waals surface area contributed by atoms with Crippen LogP contribution in [0.25, 0.3) is 0 Å². The van der Waals surface area contributed by atoms with E-state index in [1.54, 1.807) is 0 Å². The van der Waals surface area contributed by atoms with Crippen LogP contribution >= 0.6 is 0 Å². The number of carboxylic acid groups (broad SMARTS) is 1. The predicted molar refractivity (Wildman–Crippen MR) is 134 cm³/mol. The molecule has 0 bridgehead atoms. The van der Waals surface area contributed by atoms with E-state index in [1.807, 2.05) is 0 Å². The summed E-state index contributed by atoms with van der Waals surface area (Å²) in [6.45, 7) is 2.74. The summed E-state index contributed by atoms with van der Waals surface area (Å²) in [4.78, 5) is 44.3. The van der Waals surface area contributed by atoms with Crippen molar-refractivity contribution >= 4 is 23.7 Å². The van der Waals surface area contributed by atoms with E-state index in [9.17, 15) is 19.2 Å². The van der Waals surface area contributed by atoms with Crippen molar-refractivity contribution in [2.45, 2.75) is 122 Å². The van der Waals surface area contributed by atoms with E-state index in [0.717, 1.165) is 19.3 Å². The number of Topliss-reactive ketones (excluding diaryl/α,β-unsaturated/α-hetero) is 1. The molecule has 8 nitrogen and oxygen atoms in total. The van der Waals surface area contributed by atoms with Crippen LogP contribution in [-0.4, -0.2) is 55.2 Å². The fourth-order valence-corrected chi connectivity index (χ4v) is 3.64. The molecule has 0 fully saturated rings. The first-order valence-corrected chi connectivity index (χ1v) is 13.6. The van der Waals surface area contributed by atoms with Crippen LogP contribution in [0.3, 0.4) is 0 Å². The van der Waals surface area contributed by atoms with Gasteiger partial charge < -0.3 is 19.3 Å². The van der Waals surface area contributed by atoms with Crippen LogP contribution in [0.5, 0.6) is 0 Å². The molecule has 0 aliphatic heterocycles. The summed E-state index contributed by atoms with van der Waals surface area (Å²) in [5, 5.41) is 8.42. The highest BCUT2D eigenvalue weighted by Gasteiger charge is 2.14. The van der Waals surface area contributed by atoms with Crippen molar-refractivity contribution in [1.29, 1.82) is 0 Å². The predicted octanol–water partition coefficient (Wildman–Crippen LogP) is 5.78. The molecule has 204 valence electrons. The minimum Gasteiger partial charge on any atom is -0.476 e. The van der Waals surface area contributed by atoms with Crippen molar-refractivity contribution in [3.05, 3.63) is 0 Å². The minimum absolute atomic E-state index is 0.00678. The topological polar surface area (TPSA) is 116 Å². The molecule has 0 aliphatic rings. The number of unbranched alkanes of at least 4 members (excludes halogenated alkanes) is 14. The third kappa shape index (κ3) is 25.0. The number of ether oxygens (including phenoxy) is 3. The summed E-state index contributed by atoms with van der Waals surface area (Å²) in [5.41, 5.74) is 0. The maximum atomic E-state index is 11.7. The number of esters is 2. The lowest BCUT2D eigenvalue weighted by atomic mass is 10.0. The summed E-state index contributed by atoms with van der Waals surface area (Å²) < 4.78 is 15.1. The summed E-state index contributed by atoms with van der Waals surface area (Å²) >= 11 is 0. The van der Waals surface area contributed by atoms with Crippen LogP contribution in [0, 0.1) is 0 Å². The third-order valence-corrected chi connectivity index (χ3v) is 5.76. The first kappa shape index (κ1) is 33.0. The maximum Gasteiger partial charge on any atom is 0.372 e. The Morgan fingerprint density at radius 2 is 0.914 bits per heavy atom. The lowest BCUT2D eigenvalue weighted by Crippen LogP contribution is -2.17. The molecular weight excluding hydrogens is 452 g/mol. The molecular formula is C27H48O8. The van der Waals surface area contributed by atoms with Crippen molar-refractivity contribution in [2.24, 2.45) is 0 Å². The van der Waals surface area contributed by atoms with Crippen LogP contribution in [0.2, 0.25) is 0 Å². The Labute approximate surface area is 211 Å². The molecule has 0 saturated heterocycles. The molecule has 35 heavy (non-hydrogen) atoms. The van der Waals surface area contributed by atoms with E-state index in [1.165, 1.54) is 77.0 Å². The molecule has 1 N–H and O–H groups in total. The van der Waals surface area contributed by atoms with Crippen LogP contribution < -0.4 is 0 Å². The summed E-state index contributed by atoms with van der Waals surface area (Å²) in [7, 11) is 0. The lowest BCUT2D eigenvalue weighted by Gasteiger charge is -2.07. The van der Waals surface area contributed by atoms with Gasteiger partial charge in [0, 0.05) is 12.8 Å². The molecule has 0 spiro atoms. The monoisotopic (exact) mass is 500 g/mol. The van der Waals surface area contributed by atoms with Gasteiger partial charge in [0.15, 0.2) is 0 Å². The number of aliphatic carboxylic acids is 1. The lowest BCUT2D eigenvalue weighted by molar-refractivity contribution is -0.151. The molecule has 8 heteroatoms. The highest BCUT2D eigenvalue weighted by molar-refractivity contribution is 6.32. The maximum absolute atomic E-state index is 11.7.